The van der Waals surface area contributed by atoms with E-state index in [0.717, 1.165) is 91.6 Å². The van der Waals surface area contributed by atoms with Gasteiger partial charge in [0.15, 0.2) is 10.3 Å². The van der Waals surface area contributed by atoms with Crippen molar-refractivity contribution in [3.8, 4) is 5.75 Å². The summed E-state index contributed by atoms with van der Waals surface area (Å²) in [5, 5.41) is 2.67. The number of sulfone groups is 4. The lowest BCUT2D eigenvalue weighted by Gasteiger charge is -2.44. The minimum atomic E-state index is -2.99. The number of carbonyl (C=O) groups is 4. The number of aromatic nitrogens is 2. The smallest absolute Gasteiger partial charge is 0.226 e. The normalized spacial score (nSPS) is 22.0. The molecule has 2 aromatic heterocycles. The fraction of sp³-hybridized carbons (Fsp3) is 0.413. The van der Waals surface area contributed by atoms with E-state index < -0.39 is 39.3 Å². The van der Waals surface area contributed by atoms with Gasteiger partial charge in [-0.2, -0.15) is 0 Å². The van der Waals surface area contributed by atoms with E-state index in [1.807, 2.05) is 153 Å². The lowest BCUT2D eigenvalue weighted by molar-refractivity contribution is -0.139. The first kappa shape index (κ1) is 87.4. The molecule has 8 saturated heterocycles. The van der Waals surface area contributed by atoms with Crippen LogP contribution in [0.3, 0.4) is 0 Å². The Kier molecular flexibility index (Phi) is 27.8. The molecule has 10 aromatic rings. The molecule has 0 radical (unpaired) electrons. The van der Waals surface area contributed by atoms with Crippen molar-refractivity contribution < 1.29 is 57.6 Å². The zero-order valence-electron chi connectivity index (χ0n) is 68.7. The third-order valence-corrected chi connectivity index (χ3v) is 34.2. The van der Waals surface area contributed by atoms with Gasteiger partial charge in [0.05, 0.1) is 97.7 Å². The molecule has 0 bridgehead atoms. The molecule has 4 atom stereocenters. The number of carbonyl (C=O) groups excluding carboxylic acids is 4. The summed E-state index contributed by atoms with van der Waals surface area (Å²) in [6.45, 7) is 10.1. The first-order valence-corrected chi connectivity index (χ1v) is 51.4. The highest BCUT2D eigenvalue weighted by atomic mass is 35.5. The summed E-state index contributed by atoms with van der Waals surface area (Å²) in [4.78, 5) is 80.3. The van der Waals surface area contributed by atoms with Crippen molar-refractivity contribution in [2.45, 2.75) is 82.5 Å². The number of anilines is 4. The maximum Gasteiger partial charge on any atom is 0.226 e. The molecule has 10 heterocycles. The van der Waals surface area contributed by atoms with Crippen molar-refractivity contribution >= 4 is 139 Å². The highest BCUT2D eigenvalue weighted by Crippen LogP contribution is 2.41. The van der Waals surface area contributed by atoms with Gasteiger partial charge in [-0.3, -0.25) is 19.2 Å². The minimum Gasteiger partial charge on any atom is -0.497 e. The van der Waals surface area contributed by atoms with E-state index in [2.05, 4.69) is 105 Å². The fourth-order valence-corrected chi connectivity index (χ4v) is 26.2. The first-order chi connectivity index (χ1) is 58.8. The van der Waals surface area contributed by atoms with E-state index in [4.69, 9.17) is 26.3 Å². The number of rotatable bonds is 13. The zero-order valence-corrected chi connectivity index (χ0v) is 74.4. The van der Waals surface area contributed by atoms with Gasteiger partial charge in [-0.15, -0.1) is 0 Å². The monoisotopic (exact) mass is 1780 g/mol. The Hall–Kier alpha value is -9.49. The van der Waals surface area contributed by atoms with Crippen LogP contribution in [0.4, 0.5) is 21.6 Å². The van der Waals surface area contributed by atoms with E-state index in [1.165, 1.54) is 10.3 Å². The van der Waals surface area contributed by atoms with Gasteiger partial charge in [0, 0.05) is 125 Å². The third kappa shape index (κ3) is 21.5. The van der Waals surface area contributed by atoms with Crippen LogP contribution in [-0.4, -0.2) is 219 Å². The molecular weight excluding hydrogens is 1680 g/mol. The standard InChI is InChI=1S/C24H27N3O3S2.C23H25N3O3S2.C23H28N2O4S.C22H25ClN2O3S/c1-17-7-8-20-22(15-17)31-24(25-20)26-11-12-27(21(16-26)18-5-3-2-4-6-18)23(28)19-9-13-32(29,30)14-10-19;27-22(18-10-14-31(28,29)15-11-18)26-13-12-25(16-20(26)17-6-2-1-3-7-17)23-24-19-8-4-5-9-21(19)30-23;1-29-21-9-5-8-20(16-21)24-12-13-25(22(17-24)18-6-3-2-4-7-18)23(26)19-10-14-30(27,28)15-11-19;23-19-7-4-8-20(15-19)24-11-12-25(21(16-24)17-5-2-1-3-6-17)22(26)18-9-13-29(27,28)14-10-18/h2-8,15,19,21H,9-14,16H2,1H3;1-9,18,20H,10-16H2;2-9,16,19,22H,10-15,17H2,1H3;1-8,15,18,21H,9-14,16H2. The van der Waals surface area contributed by atoms with Crippen LogP contribution < -0.4 is 24.3 Å². The third-order valence-electron chi connectivity index (χ3n) is 25.0. The van der Waals surface area contributed by atoms with E-state index in [9.17, 15) is 52.8 Å². The quantitative estimate of drug-likeness (QED) is 0.104. The molecule has 30 heteroatoms. The SMILES string of the molecule is COc1cccc(N2CCN(C(=O)C3CCS(=O)(=O)CC3)C(c3ccccc3)C2)c1.Cc1ccc2nc(N3CCN(C(=O)C4CCS(=O)(=O)CC4)C(c4ccccc4)C3)sc2c1.O=C(C1CCS(=O)(=O)CC1)N1CCN(c2cccc(Cl)c2)CC1c1ccccc1.O=C(C1CCS(=O)(=O)CC1)N1CCN(c2nc3ccccc3s2)CC1c1ccccc1. The Morgan fingerprint density at radius 2 is 0.656 bits per heavy atom. The minimum absolute atomic E-state index is 0.0721. The van der Waals surface area contributed by atoms with Gasteiger partial charge >= 0.3 is 0 Å². The second-order valence-electron chi connectivity index (χ2n) is 32.9. The predicted octanol–water partition coefficient (Wildman–Crippen LogP) is 13.8. The summed E-state index contributed by atoms with van der Waals surface area (Å²) in [7, 11) is -10.3. The van der Waals surface area contributed by atoms with Crippen LogP contribution in [0, 0.1) is 30.6 Å². The van der Waals surface area contributed by atoms with Crippen molar-refractivity contribution in [3.05, 3.63) is 245 Å². The number of hydrogen-bond donors (Lipinski definition) is 0. The first-order valence-electron chi connectivity index (χ1n) is 42.1. The molecule has 23 nitrogen and oxygen atoms in total. The Labute approximate surface area is 729 Å². The maximum atomic E-state index is 13.5. The number of nitrogens with zero attached hydrogens (tertiary/aromatic N) is 10. The lowest BCUT2D eigenvalue weighted by atomic mass is 9.96. The average Bonchev–Trinajstić information content (AvgIpc) is 1.27. The highest BCUT2D eigenvalue weighted by Gasteiger charge is 2.43. The van der Waals surface area contributed by atoms with Gasteiger partial charge in [0.1, 0.15) is 45.1 Å². The second kappa shape index (κ2) is 38.7. The maximum absolute atomic E-state index is 13.5. The van der Waals surface area contributed by atoms with E-state index in [1.54, 1.807) is 29.8 Å². The topological polar surface area (TPSA) is 266 Å². The highest BCUT2D eigenvalue weighted by molar-refractivity contribution is 7.92. The molecule has 18 rings (SSSR count). The molecule has 122 heavy (non-hydrogen) atoms. The van der Waals surface area contributed by atoms with Crippen molar-refractivity contribution in [3.63, 3.8) is 0 Å². The fourth-order valence-electron chi connectivity index (χ4n) is 18.0. The van der Waals surface area contributed by atoms with Crippen molar-refractivity contribution in [2.75, 3.05) is 151 Å². The van der Waals surface area contributed by atoms with Crippen LogP contribution in [0.15, 0.2) is 212 Å². The largest absolute Gasteiger partial charge is 0.497 e. The summed E-state index contributed by atoms with van der Waals surface area (Å²) in [5.41, 5.74) is 9.75. The number of halogens is 1. The molecule has 8 aliphatic heterocycles. The Morgan fingerprint density at radius 3 is 1.01 bits per heavy atom. The van der Waals surface area contributed by atoms with Crippen LogP contribution >= 0.6 is 34.3 Å². The van der Waals surface area contributed by atoms with Crippen LogP contribution in [0.2, 0.25) is 5.02 Å². The van der Waals surface area contributed by atoms with Crippen LogP contribution in [0.1, 0.15) is 103 Å². The number of fused-ring (bicyclic) bond motifs is 2. The molecule has 8 fully saturated rings. The molecule has 0 aliphatic carbocycles. The summed E-state index contributed by atoms with van der Waals surface area (Å²) in [5.74, 6) is 1.26. The predicted molar refractivity (Wildman–Crippen MR) is 486 cm³/mol. The van der Waals surface area contributed by atoms with Crippen LogP contribution in [0.25, 0.3) is 20.4 Å². The number of aryl methyl sites for hydroxylation is 1. The zero-order chi connectivity index (χ0) is 85.3. The van der Waals surface area contributed by atoms with Crippen LogP contribution in [-0.2, 0) is 58.5 Å². The van der Waals surface area contributed by atoms with Crippen LogP contribution in [0.5, 0.6) is 5.75 Å². The van der Waals surface area contributed by atoms with Gasteiger partial charge in [-0.05, 0) is 141 Å². The van der Waals surface area contributed by atoms with Gasteiger partial charge in [0.2, 0.25) is 23.6 Å². The number of piperazine rings is 4. The van der Waals surface area contributed by atoms with Gasteiger partial charge in [0.25, 0.3) is 0 Å². The molecule has 4 amide bonds. The number of ether oxygens (including phenoxy) is 1. The summed E-state index contributed by atoms with van der Waals surface area (Å²) < 4.78 is 102. The molecule has 0 spiro atoms. The lowest BCUT2D eigenvalue weighted by Crippen LogP contribution is -2.53. The van der Waals surface area contributed by atoms with Crippen molar-refractivity contribution in [2.24, 2.45) is 23.7 Å². The summed E-state index contributed by atoms with van der Waals surface area (Å²) in [6.07, 6.45) is 3.44. The van der Waals surface area contributed by atoms with E-state index in [-0.39, 0.29) is 117 Å². The number of thiazole rings is 2. The molecule has 4 unspecified atom stereocenters. The van der Waals surface area contributed by atoms with Gasteiger partial charge in [-0.25, -0.2) is 43.6 Å². The number of amides is 4. The molecule has 8 aromatic carbocycles. The molecule has 0 N–H and O–H groups in total. The Bertz CT molecular complexity index is 5730. The molecule has 0 saturated carbocycles. The number of benzene rings is 8. The Morgan fingerprint density at radius 1 is 0.344 bits per heavy atom. The molecule has 644 valence electrons. The van der Waals surface area contributed by atoms with Crippen molar-refractivity contribution in [1.29, 1.82) is 0 Å². The van der Waals surface area contributed by atoms with E-state index in [0.29, 0.717) is 109 Å². The van der Waals surface area contributed by atoms with Gasteiger partial charge < -0.3 is 43.9 Å². The average molecular weight is 1790 g/mol. The number of para-hydroxylation sites is 1. The second-order valence-corrected chi connectivity index (χ2v) is 44.6. The van der Waals surface area contributed by atoms with Crippen molar-refractivity contribution in [1.82, 2.24) is 29.6 Å². The molecule has 8 aliphatic rings. The Balaban J connectivity index is 0.000000126. The van der Waals surface area contributed by atoms with Gasteiger partial charge in [-0.1, -0.05) is 186 Å². The number of hydrogen-bond acceptors (Lipinski definition) is 21. The summed E-state index contributed by atoms with van der Waals surface area (Å²) in [6, 6.07) is 70.3. The van der Waals surface area contributed by atoms with E-state index >= 15 is 0 Å². The number of methoxy groups -OCH3 is 1. The summed E-state index contributed by atoms with van der Waals surface area (Å²) >= 11 is 9.56. The molecular formula is C92H105ClN10O13S6.